The molecule has 0 fully saturated rings. The van der Waals surface area contributed by atoms with Crippen LogP contribution < -0.4 is 0 Å². The average molecular weight is 609 g/mol. The molecule has 0 bridgehead atoms. The summed E-state index contributed by atoms with van der Waals surface area (Å²) in [5.74, 6) is 1.33. The lowest BCUT2D eigenvalue weighted by Crippen LogP contribution is -2.26. The van der Waals surface area contributed by atoms with Gasteiger partial charge >= 0.3 is 0 Å². The van der Waals surface area contributed by atoms with E-state index in [1.807, 2.05) is 24.8 Å². The van der Waals surface area contributed by atoms with Gasteiger partial charge in [0, 0.05) is 35.9 Å². The van der Waals surface area contributed by atoms with E-state index in [4.69, 9.17) is 9.47 Å². The normalized spacial score (nSPS) is 16.1. The Morgan fingerprint density at radius 3 is 1.34 bits per heavy atom. The summed E-state index contributed by atoms with van der Waals surface area (Å²) in [5.41, 5.74) is 15.8. The van der Waals surface area contributed by atoms with Gasteiger partial charge in [-0.2, -0.15) is 0 Å². The highest BCUT2D eigenvalue weighted by molar-refractivity contribution is 5.99. The molecule has 6 aromatic rings. The molecule has 4 aliphatic rings. The molecule has 4 heterocycles. The van der Waals surface area contributed by atoms with Crippen LogP contribution in [0.1, 0.15) is 33.4 Å². The van der Waals surface area contributed by atoms with Gasteiger partial charge in [0.2, 0.25) is 11.8 Å². The number of fused-ring (bicyclic) bond motifs is 10. The van der Waals surface area contributed by atoms with E-state index in [0.29, 0.717) is 38.1 Å². The van der Waals surface area contributed by atoms with Crippen LogP contribution in [-0.4, -0.2) is 48.1 Å². The van der Waals surface area contributed by atoms with Crippen molar-refractivity contribution >= 4 is 11.8 Å². The molecular formula is C41H28N4O2. The van der Waals surface area contributed by atoms with E-state index in [1.54, 1.807) is 0 Å². The van der Waals surface area contributed by atoms with Gasteiger partial charge in [-0.25, -0.2) is 9.98 Å². The minimum absolute atomic E-state index is 0.489. The van der Waals surface area contributed by atoms with Crippen molar-refractivity contribution in [3.63, 3.8) is 0 Å². The Kier molecular flexibility index (Phi) is 5.64. The number of nitrogens with zero attached hydrogens (tertiary/aromatic N) is 4. The number of hydrogen-bond donors (Lipinski definition) is 0. The van der Waals surface area contributed by atoms with Crippen molar-refractivity contribution in [3.8, 4) is 44.5 Å². The summed E-state index contributed by atoms with van der Waals surface area (Å²) >= 11 is 0. The highest BCUT2D eigenvalue weighted by Crippen LogP contribution is 2.63. The molecule has 47 heavy (non-hydrogen) atoms. The molecule has 2 aliphatic heterocycles. The van der Waals surface area contributed by atoms with E-state index in [9.17, 15) is 0 Å². The molecule has 0 N–H and O–H groups in total. The first kappa shape index (κ1) is 26.3. The van der Waals surface area contributed by atoms with Gasteiger partial charge < -0.3 is 9.47 Å². The summed E-state index contributed by atoms with van der Waals surface area (Å²) in [5, 5.41) is 0. The number of aliphatic imine (C=N–C) groups is 2. The number of ether oxygens (including phenoxy) is 2. The predicted octanol–water partition coefficient (Wildman–Crippen LogP) is 7.71. The number of rotatable bonds is 4. The first-order chi connectivity index (χ1) is 23.3. The SMILES string of the molecule is c1ccc2c(c1)-c1ccccc1C21c2cc(-c3cncc(C4=NCCO4)c3)ccc2-c2ccc(-c3cncc(C4=NCCO4)c3)cc21. The fraction of sp³-hybridized carbons (Fsp3) is 0.122. The van der Waals surface area contributed by atoms with Crippen LogP contribution in [0.5, 0.6) is 0 Å². The van der Waals surface area contributed by atoms with Crippen molar-refractivity contribution < 1.29 is 9.47 Å². The maximum Gasteiger partial charge on any atom is 0.217 e. The smallest absolute Gasteiger partial charge is 0.217 e. The summed E-state index contributed by atoms with van der Waals surface area (Å²) in [4.78, 5) is 18.3. The van der Waals surface area contributed by atoms with Crippen LogP contribution in [0.4, 0.5) is 0 Å². The first-order valence-corrected chi connectivity index (χ1v) is 16.0. The maximum atomic E-state index is 5.78. The van der Waals surface area contributed by atoms with Gasteiger partial charge in [-0.1, -0.05) is 72.8 Å². The molecule has 2 aliphatic carbocycles. The first-order valence-electron chi connectivity index (χ1n) is 16.0. The third-order valence-electron chi connectivity index (χ3n) is 9.90. The molecule has 0 saturated carbocycles. The summed E-state index contributed by atoms with van der Waals surface area (Å²) < 4.78 is 11.6. The predicted molar refractivity (Wildman–Crippen MR) is 184 cm³/mol. The second kappa shape index (κ2) is 10.1. The molecule has 4 aromatic carbocycles. The Labute approximate surface area is 272 Å². The standard InChI is InChI=1S/C41H28N4O2/c1-3-7-35-31(5-1)32-6-2-4-8-36(32)41(35)37-19-25(27-17-29(23-42-21-27)39-44-13-15-46-39)9-11-33(37)34-12-10-26(20-38(34)41)28-18-30(24-43-22-28)40-45-14-16-47-40/h1-12,17-24H,13-16H2. The van der Waals surface area contributed by atoms with Crippen LogP contribution in [0.15, 0.2) is 132 Å². The molecule has 6 nitrogen and oxygen atoms in total. The van der Waals surface area contributed by atoms with Gasteiger partial charge in [-0.05, 0) is 79.9 Å². The Morgan fingerprint density at radius 2 is 0.872 bits per heavy atom. The van der Waals surface area contributed by atoms with Gasteiger partial charge in [0.05, 0.1) is 29.6 Å². The minimum Gasteiger partial charge on any atom is -0.475 e. The third-order valence-corrected chi connectivity index (χ3v) is 9.90. The molecule has 0 radical (unpaired) electrons. The van der Waals surface area contributed by atoms with Crippen molar-refractivity contribution in [2.75, 3.05) is 26.3 Å². The summed E-state index contributed by atoms with van der Waals surface area (Å²) in [6.07, 6.45) is 7.53. The molecule has 0 amide bonds. The van der Waals surface area contributed by atoms with Crippen LogP contribution in [0.2, 0.25) is 0 Å². The Hall–Kier alpha value is -5.88. The Morgan fingerprint density at radius 1 is 0.426 bits per heavy atom. The summed E-state index contributed by atoms with van der Waals surface area (Å²) in [6.45, 7) is 2.59. The van der Waals surface area contributed by atoms with E-state index in [1.165, 1.54) is 44.5 Å². The van der Waals surface area contributed by atoms with Gasteiger partial charge in [0.25, 0.3) is 0 Å². The zero-order valence-corrected chi connectivity index (χ0v) is 25.5. The molecular weight excluding hydrogens is 580 g/mol. The van der Waals surface area contributed by atoms with Gasteiger partial charge in [-0.3, -0.25) is 9.97 Å². The van der Waals surface area contributed by atoms with E-state index in [-0.39, 0.29) is 0 Å². The van der Waals surface area contributed by atoms with Crippen molar-refractivity contribution in [3.05, 3.63) is 155 Å². The van der Waals surface area contributed by atoms with Crippen LogP contribution in [-0.2, 0) is 14.9 Å². The Balaban J connectivity index is 1.21. The quantitative estimate of drug-likeness (QED) is 0.205. The van der Waals surface area contributed by atoms with E-state index in [2.05, 4.69) is 117 Å². The second-order valence-corrected chi connectivity index (χ2v) is 12.4. The topological polar surface area (TPSA) is 69.0 Å². The highest BCUT2D eigenvalue weighted by Gasteiger charge is 2.51. The average Bonchev–Trinajstić information content (AvgIpc) is 3.96. The minimum atomic E-state index is -0.489. The zero-order valence-electron chi connectivity index (χ0n) is 25.5. The third kappa shape index (κ3) is 3.78. The largest absolute Gasteiger partial charge is 0.475 e. The molecule has 10 rings (SSSR count). The highest BCUT2D eigenvalue weighted by atomic mass is 16.5. The van der Waals surface area contributed by atoms with Crippen molar-refractivity contribution in [2.24, 2.45) is 9.98 Å². The number of pyridine rings is 2. The number of aromatic nitrogens is 2. The molecule has 0 saturated heterocycles. The lowest BCUT2D eigenvalue weighted by Gasteiger charge is -2.31. The summed E-state index contributed by atoms with van der Waals surface area (Å²) in [7, 11) is 0. The van der Waals surface area contributed by atoms with Crippen molar-refractivity contribution in [2.45, 2.75) is 5.41 Å². The maximum absolute atomic E-state index is 5.78. The van der Waals surface area contributed by atoms with Crippen LogP contribution in [0.3, 0.4) is 0 Å². The zero-order chi connectivity index (χ0) is 31.0. The fourth-order valence-corrected chi connectivity index (χ4v) is 7.95. The van der Waals surface area contributed by atoms with Crippen LogP contribution in [0, 0.1) is 0 Å². The van der Waals surface area contributed by atoms with E-state index >= 15 is 0 Å². The van der Waals surface area contributed by atoms with Crippen LogP contribution >= 0.6 is 0 Å². The van der Waals surface area contributed by atoms with Gasteiger partial charge in [0.1, 0.15) is 13.2 Å². The van der Waals surface area contributed by atoms with Gasteiger partial charge in [0.15, 0.2) is 0 Å². The second-order valence-electron chi connectivity index (χ2n) is 12.4. The monoisotopic (exact) mass is 608 g/mol. The number of hydrogen-bond acceptors (Lipinski definition) is 6. The molecule has 1 spiro atoms. The molecule has 2 aromatic heterocycles. The van der Waals surface area contributed by atoms with E-state index < -0.39 is 5.41 Å². The molecule has 0 unspecified atom stereocenters. The number of benzene rings is 4. The van der Waals surface area contributed by atoms with E-state index in [0.717, 1.165) is 33.4 Å². The van der Waals surface area contributed by atoms with Crippen molar-refractivity contribution in [1.29, 1.82) is 0 Å². The molecule has 224 valence electrons. The lowest BCUT2D eigenvalue weighted by molar-refractivity contribution is 0.348. The Bertz CT molecular complexity index is 2170. The molecule has 0 atom stereocenters. The molecule has 6 heteroatoms. The lowest BCUT2D eigenvalue weighted by atomic mass is 9.70. The fourth-order valence-electron chi connectivity index (χ4n) is 7.95. The van der Waals surface area contributed by atoms with Crippen LogP contribution in [0.25, 0.3) is 44.5 Å². The van der Waals surface area contributed by atoms with Crippen molar-refractivity contribution in [1.82, 2.24) is 9.97 Å². The van der Waals surface area contributed by atoms with Gasteiger partial charge in [-0.15, -0.1) is 0 Å². The summed E-state index contributed by atoms with van der Waals surface area (Å²) in [6, 6.07) is 35.8.